The summed E-state index contributed by atoms with van der Waals surface area (Å²) in [4.78, 5) is 11.0. The molecule has 0 saturated heterocycles. The zero-order valence-electron chi connectivity index (χ0n) is 10.9. The van der Waals surface area contributed by atoms with Crippen molar-refractivity contribution < 1.29 is 14.6 Å². The molecule has 94 valence electrons. The number of hydrogen-bond donors (Lipinski definition) is 1. The van der Waals surface area contributed by atoms with E-state index in [-0.39, 0.29) is 17.1 Å². The van der Waals surface area contributed by atoms with Crippen LogP contribution in [0.2, 0.25) is 0 Å². The lowest BCUT2D eigenvalue weighted by Gasteiger charge is -2.20. The van der Waals surface area contributed by atoms with E-state index >= 15 is 0 Å². The number of allylic oxidation sites excluding steroid dienone is 2. The quantitative estimate of drug-likeness (QED) is 0.605. The van der Waals surface area contributed by atoms with Gasteiger partial charge in [-0.2, -0.15) is 5.26 Å². The zero-order valence-corrected chi connectivity index (χ0v) is 10.9. The van der Waals surface area contributed by atoms with Crippen molar-refractivity contribution in [2.24, 2.45) is 17.3 Å². The molecule has 1 saturated carbocycles. The Balaban J connectivity index is 2.83. The minimum Gasteiger partial charge on any atom is -0.481 e. The van der Waals surface area contributed by atoms with Crippen molar-refractivity contribution in [3.8, 4) is 6.07 Å². The number of carboxylic acid groups (broad SMARTS) is 1. The number of ether oxygens (including phenoxy) is 1. The normalized spacial score (nSPS) is 27.2. The Labute approximate surface area is 102 Å². The van der Waals surface area contributed by atoms with Crippen molar-refractivity contribution in [2.45, 2.75) is 40.2 Å². The molecule has 0 bridgehead atoms. The number of hydrogen-bond acceptors (Lipinski definition) is 3. The topological polar surface area (TPSA) is 70.3 Å². The van der Waals surface area contributed by atoms with Crippen LogP contribution in [0, 0.1) is 28.6 Å². The first kappa shape index (κ1) is 13.6. The third-order valence-corrected chi connectivity index (χ3v) is 3.03. The van der Waals surface area contributed by atoms with E-state index in [0.29, 0.717) is 0 Å². The van der Waals surface area contributed by atoms with E-state index < -0.39 is 17.5 Å². The number of aliphatic carboxylic acids is 1. The maximum absolute atomic E-state index is 11.0. The van der Waals surface area contributed by atoms with Gasteiger partial charge in [0.1, 0.15) is 11.7 Å². The van der Waals surface area contributed by atoms with Crippen LogP contribution in [-0.2, 0) is 9.53 Å². The molecule has 1 rings (SSSR count). The standard InChI is InChI=1S/C13H19NO3/c1-12(2,3)17-8(7-14)6-9-10(11(15)16)13(9,4)5/h6,9-10H,1-5H3,(H,15,16)/t9-,10-/m0/s1. The van der Waals surface area contributed by atoms with Crippen molar-refractivity contribution in [2.75, 3.05) is 0 Å². The third-order valence-electron chi connectivity index (χ3n) is 3.03. The van der Waals surface area contributed by atoms with Gasteiger partial charge in [0.25, 0.3) is 0 Å². The average Bonchev–Trinajstić information content (AvgIpc) is 2.64. The Bertz CT molecular complexity index is 396. The van der Waals surface area contributed by atoms with Crippen LogP contribution in [0.15, 0.2) is 11.8 Å². The van der Waals surface area contributed by atoms with Crippen LogP contribution in [0.3, 0.4) is 0 Å². The fraction of sp³-hybridized carbons (Fsp3) is 0.692. The molecule has 0 spiro atoms. The molecule has 4 nitrogen and oxygen atoms in total. The molecule has 17 heavy (non-hydrogen) atoms. The second-order valence-corrected chi connectivity index (χ2v) is 6.02. The van der Waals surface area contributed by atoms with E-state index in [1.165, 1.54) is 0 Å². The highest BCUT2D eigenvalue weighted by atomic mass is 16.5. The Hall–Kier alpha value is -1.50. The van der Waals surface area contributed by atoms with Gasteiger partial charge in [0.15, 0.2) is 5.76 Å². The lowest BCUT2D eigenvalue weighted by atomic mass is 10.1. The lowest BCUT2D eigenvalue weighted by Crippen LogP contribution is -2.18. The summed E-state index contributed by atoms with van der Waals surface area (Å²) in [5, 5.41) is 18.0. The Kier molecular flexibility index (Phi) is 3.24. The predicted molar refractivity (Wildman–Crippen MR) is 62.9 cm³/mol. The van der Waals surface area contributed by atoms with Crippen LogP contribution in [0.5, 0.6) is 0 Å². The van der Waals surface area contributed by atoms with Gasteiger partial charge in [-0.05, 0) is 32.3 Å². The van der Waals surface area contributed by atoms with E-state index in [1.807, 2.05) is 40.7 Å². The van der Waals surface area contributed by atoms with Gasteiger partial charge in [0.05, 0.1) is 5.92 Å². The molecule has 1 fully saturated rings. The number of nitrogens with zero attached hydrogens (tertiary/aromatic N) is 1. The summed E-state index contributed by atoms with van der Waals surface area (Å²) in [6.07, 6.45) is 1.64. The summed E-state index contributed by atoms with van der Waals surface area (Å²) in [7, 11) is 0. The average molecular weight is 237 g/mol. The van der Waals surface area contributed by atoms with E-state index in [4.69, 9.17) is 15.1 Å². The molecular formula is C13H19NO3. The second-order valence-electron chi connectivity index (χ2n) is 6.02. The Morgan fingerprint density at radius 1 is 1.47 bits per heavy atom. The van der Waals surface area contributed by atoms with Crippen LogP contribution in [0.4, 0.5) is 0 Å². The summed E-state index contributed by atoms with van der Waals surface area (Å²) < 4.78 is 5.47. The summed E-state index contributed by atoms with van der Waals surface area (Å²) in [5.74, 6) is -1.16. The minimum absolute atomic E-state index is 0.128. The molecule has 4 heteroatoms. The maximum Gasteiger partial charge on any atom is 0.307 e. The molecule has 0 aromatic rings. The molecule has 0 heterocycles. The van der Waals surface area contributed by atoms with Crippen LogP contribution in [-0.4, -0.2) is 16.7 Å². The summed E-state index contributed by atoms with van der Waals surface area (Å²) in [5.41, 5.74) is -0.742. The number of rotatable bonds is 3. The predicted octanol–water partition coefficient (Wildman–Crippen LogP) is 2.57. The van der Waals surface area contributed by atoms with Crippen molar-refractivity contribution in [1.29, 1.82) is 5.26 Å². The van der Waals surface area contributed by atoms with Crippen molar-refractivity contribution in [3.63, 3.8) is 0 Å². The first-order valence-electron chi connectivity index (χ1n) is 5.63. The molecule has 1 aliphatic carbocycles. The van der Waals surface area contributed by atoms with Gasteiger partial charge >= 0.3 is 5.97 Å². The minimum atomic E-state index is -0.815. The van der Waals surface area contributed by atoms with Crippen molar-refractivity contribution >= 4 is 5.97 Å². The van der Waals surface area contributed by atoms with Gasteiger partial charge in [-0.25, -0.2) is 0 Å². The van der Waals surface area contributed by atoms with Gasteiger partial charge in [0.2, 0.25) is 0 Å². The first-order valence-corrected chi connectivity index (χ1v) is 5.63. The van der Waals surface area contributed by atoms with Gasteiger partial charge < -0.3 is 9.84 Å². The monoisotopic (exact) mass is 237 g/mol. The molecule has 0 amide bonds. The summed E-state index contributed by atoms with van der Waals surface area (Å²) in [6.45, 7) is 9.33. The van der Waals surface area contributed by atoms with E-state index in [0.717, 1.165) is 0 Å². The third kappa shape index (κ3) is 3.00. The fourth-order valence-corrected chi connectivity index (χ4v) is 2.05. The highest BCUT2D eigenvalue weighted by Crippen LogP contribution is 2.59. The number of nitriles is 1. The highest BCUT2D eigenvalue weighted by molar-refractivity contribution is 5.76. The Morgan fingerprint density at radius 3 is 2.29 bits per heavy atom. The SMILES string of the molecule is CC(C)(C)OC(C#N)=C[C@H]1[C@@H](C(=O)O)C1(C)C. The Morgan fingerprint density at radius 2 is 2.00 bits per heavy atom. The van der Waals surface area contributed by atoms with Gasteiger partial charge in [-0.3, -0.25) is 4.79 Å². The molecule has 0 aromatic carbocycles. The molecule has 0 aliphatic heterocycles. The molecule has 0 aromatic heterocycles. The van der Waals surface area contributed by atoms with Gasteiger partial charge in [0, 0.05) is 5.92 Å². The van der Waals surface area contributed by atoms with Crippen LogP contribution in [0.25, 0.3) is 0 Å². The fourth-order valence-electron chi connectivity index (χ4n) is 2.05. The molecule has 0 radical (unpaired) electrons. The van der Waals surface area contributed by atoms with Crippen LogP contribution < -0.4 is 0 Å². The summed E-state index contributed by atoms with van der Waals surface area (Å²) >= 11 is 0. The van der Waals surface area contributed by atoms with Crippen molar-refractivity contribution in [1.82, 2.24) is 0 Å². The van der Waals surface area contributed by atoms with Gasteiger partial charge in [-0.1, -0.05) is 13.8 Å². The smallest absolute Gasteiger partial charge is 0.307 e. The van der Waals surface area contributed by atoms with Crippen molar-refractivity contribution in [3.05, 3.63) is 11.8 Å². The second kappa shape index (κ2) is 4.06. The lowest BCUT2D eigenvalue weighted by molar-refractivity contribution is -0.139. The summed E-state index contributed by atoms with van der Waals surface area (Å²) in [6, 6.07) is 1.97. The van der Waals surface area contributed by atoms with Gasteiger partial charge in [-0.15, -0.1) is 0 Å². The first-order chi connectivity index (χ1) is 7.59. The molecule has 1 aliphatic rings. The molecular weight excluding hydrogens is 218 g/mol. The molecule has 1 N–H and O–H groups in total. The largest absolute Gasteiger partial charge is 0.481 e. The number of carboxylic acids is 1. The maximum atomic E-state index is 11.0. The number of carbonyl (C=O) groups is 1. The van der Waals surface area contributed by atoms with Crippen LogP contribution in [0.1, 0.15) is 34.6 Å². The highest BCUT2D eigenvalue weighted by Gasteiger charge is 2.61. The molecule has 0 unspecified atom stereocenters. The van der Waals surface area contributed by atoms with E-state index in [9.17, 15) is 4.79 Å². The van der Waals surface area contributed by atoms with E-state index in [2.05, 4.69) is 0 Å². The zero-order chi connectivity index (χ0) is 13.4. The van der Waals surface area contributed by atoms with E-state index in [1.54, 1.807) is 6.08 Å². The van der Waals surface area contributed by atoms with Crippen LogP contribution >= 0.6 is 0 Å². The molecule has 2 atom stereocenters.